The smallest absolute Gasteiger partial charge is 0.234 e. The molecule has 0 aliphatic carbocycles. The van der Waals surface area contributed by atoms with Gasteiger partial charge in [0.1, 0.15) is 0 Å². The SMILES string of the molecule is CC(O)(CCCO)c1ccc2c(c1)NC(=O)CS2. The van der Waals surface area contributed by atoms with Crippen molar-refractivity contribution < 1.29 is 15.0 Å². The second-order valence-corrected chi connectivity index (χ2v) is 5.67. The maximum Gasteiger partial charge on any atom is 0.234 e. The predicted molar refractivity (Wildman–Crippen MR) is 71.7 cm³/mol. The van der Waals surface area contributed by atoms with E-state index in [1.54, 1.807) is 6.92 Å². The van der Waals surface area contributed by atoms with Gasteiger partial charge in [0.15, 0.2) is 0 Å². The number of aliphatic hydroxyl groups excluding tert-OH is 1. The number of nitrogens with one attached hydrogen (secondary N) is 1. The van der Waals surface area contributed by atoms with Gasteiger partial charge in [0.05, 0.1) is 17.0 Å². The van der Waals surface area contributed by atoms with E-state index < -0.39 is 5.60 Å². The van der Waals surface area contributed by atoms with Gasteiger partial charge in [0.2, 0.25) is 5.91 Å². The zero-order valence-corrected chi connectivity index (χ0v) is 11.1. The Labute approximate surface area is 110 Å². The third kappa shape index (κ3) is 2.85. The van der Waals surface area contributed by atoms with E-state index in [9.17, 15) is 9.90 Å². The molecule has 1 amide bonds. The molecule has 2 rings (SSSR count). The van der Waals surface area contributed by atoms with Gasteiger partial charge in [-0.05, 0) is 37.5 Å². The summed E-state index contributed by atoms with van der Waals surface area (Å²) in [6.45, 7) is 1.79. The van der Waals surface area contributed by atoms with E-state index in [1.807, 2.05) is 18.2 Å². The van der Waals surface area contributed by atoms with Crippen LogP contribution in [0.3, 0.4) is 0 Å². The quantitative estimate of drug-likeness (QED) is 0.777. The highest BCUT2D eigenvalue weighted by atomic mass is 32.2. The second kappa shape index (κ2) is 5.30. The van der Waals surface area contributed by atoms with Crippen molar-refractivity contribution in [2.45, 2.75) is 30.3 Å². The van der Waals surface area contributed by atoms with Gasteiger partial charge in [0, 0.05) is 11.5 Å². The summed E-state index contributed by atoms with van der Waals surface area (Å²) in [6.07, 6.45) is 1.04. The number of hydrogen-bond acceptors (Lipinski definition) is 4. The van der Waals surface area contributed by atoms with Crippen LogP contribution in [0.25, 0.3) is 0 Å². The molecule has 1 unspecified atom stereocenters. The number of carbonyl (C=O) groups excluding carboxylic acids is 1. The molecule has 1 aromatic rings. The minimum Gasteiger partial charge on any atom is -0.396 e. The Balaban J connectivity index is 2.24. The summed E-state index contributed by atoms with van der Waals surface area (Å²) in [4.78, 5) is 12.4. The highest BCUT2D eigenvalue weighted by Crippen LogP contribution is 2.35. The van der Waals surface area contributed by atoms with Crippen molar-refractivity contribution in [2.75, 3.05) is 17.7 Å². The number of anilines is 1. The predicted octanol–water partition coefficient (Wildman–Crippen LogP) is 1.71. The Kier molecular flexibility index (Phi) is 3.94. The molecular weight excluding hydrogens is 250 g/mol. The van der Waals surface area contributed by atoms with Crippen LogP contribution in [0.5, 0.6) is 0 Å². The molecule has 1 atom stereocenters. The van der Waals surface area contributed by atoms with Crippen molar-refractivity contribution in [2.24, 2.45) is 0 Å². The molecular formula is C13H17NO3S. The Morgan fingerprint density at radius 1 is 1.50 bits per heavy atom. The largest absolute Gasteiger partial charge is 0.396 e. The van der Waals surface area contributed by atoms with Crippen LogP contribution in [0.4, 0.5) is 5.69 Å². The maximum absolute atomic E-state index is 11.3. The topological polar surface area (TPSA) is 69.6 Å². The number of carbonyl (C=O) groups is 1. The normalized spacial score (nSPS) is 17.8. The average Bonchev–Trinajstić information content (AvgIpc) is 2.35. The van der Waals surface area contributed by atoms with E-state index in [1.165, 1.54) is 11.8 Å². The molecule has 1 heterocycles. The van der Waals surface area contributed by atoms with Gasteiger partial charge in [-0.1, -0.05) is 6.07 Å². The molecule has 0 aromatic heterocycles. The number of benzene rings is 1. The van der Waals surface area contributed by atoms with Crippen LogP contribution in [0, 0.1) is 0 Å². The van der Waals surface area contributed by atoms with Gasteiger partial charge >= 0.3 is 0 Å². The van der Waals surface area contributed by atoms with Crippen LogP contribution < -0.4 is 5.32 Å². The van der Waals surface area contributed by atoms with E-state index in [4.69, 9.17) is 5.11 Å². The van der Waals surface area contributed by atoms with Gasteiger partial charge in [-0.15, -0.1) is 11.8 Å². The summed E-state index contributed by atoms with van der Waals surface area (Å²) in [7, 11) is 0. The molecule has 0 radical (unpaired) electrons. The molecule has 98 valence electrons. The molecule has 4 nitrogen and oxygen atoms in total. The van der Waals surface area contributed by atoms with E-state index in [0.29, 0.717) is 18.6 Å². The number of fused-ring (bicyclic) bond motifs is 1. The van der Waals surface area contributed by atoms with Crippen molar-refractivity contribution in [3.63, 3.8) is 0 Å². The summed E-state index contributed by atoms with van der Waals surface area (Å²) < 4.78 is 0. The van der Waals surface area contributed by atoms with Gasteiger partial charge in [-0.2, -0.15) is 0 Å². The Bertz CT molecular complexity index is 460. The van der Waals surface area contributed by atoms with Gasteiger partial charge in [0.25, 0.3) is 0 Å². The molecule has 1 aliphatic heterocycles. The van der Waals surface area contributed by atoms with E-state index >= 15 is 0 Å². The third-order valence-corrected chi connectivity index (χ3v) is 4.13. The van der Waals surface area contributed by atoms with Crippen molar-refractivity contribution >= 4 is 23.4 Å². The summed E-state index contributed by atoms with van der Waals surface area (Å²) in [6, 6.07) is 5.61. The first-order valence-corrected chi connectivity index (χ1v) is 6.92. The van der Waals surface area contributed by atoms with Crippen LogP contribution in [-0.2, 0) is 10.4 Å². The van der Waals surface area contributed by atoms with Crippen molar-refractivity contribution in [1.29, 1.82) is 0 Å². The van der Waals surface area contributed by atoms with Crippen LogP contribution in [0.1, 0.15) is 25.3 Å². The van der Waals surface area contributed by atoms with Crippen LogP contribution in [0.15, 0.2) is 23.1 Å². The minimum absolute atomic E-state index is 0.0142. The highest BCUT2D eigenvalue weighted by molar-refractivity contribution is 8.00. The number of aliphatic hydroxyl groups is 2. The fourth-order valence-electron chi connectivity index (χ4n) is 1.99. The van der Waals surface area contributed by atoms with Gasteiger partial charge in [-0.3, -0.25) is 4.79 Å². The highest BCUT2D eigenvalue weighted by Gasteiger charge is 2.25. The summed E-state index contributed by atoms with van der Waals surface area (Å²) in [5, 5.41) is 22.0. The molecule has 0 saturated heterocycles. The molecule has 0 bridgehead atoms. The van der Waals surface area contributed by atoms with E-state index in [-0.39, 0.29) is 12.5 Å². The number of hydrogen-bond donors (Lipinski definition) is 3. The summed E-state index contributed by atoms with van der Waals surface area (Å²) >= 11 is 1.50. The molecule has 18 heavy (non-hydrogen) atoms. The van der Waals surface area contributed by atoms with Crippen molar-refractivity contribution in [3.8, 4) is 0 Å². The first-order valence-electron chi connectivity index (χ1n) is 5.93. The standard InChI is InChI=1S/C13H17NO3S/c1-13(17,5-2-6-15)9-3-4-11-10(7-9)14-12(16)8-18-11/h3-4,7,15,17H,2,5-6,8H2,1H3,(H,14,16). The molecule has 3 N–H and O–H groups in total. The monoisotopic (exact) mass is 267 g/mol. The number of rotatable bonds is 4. The van der Waals surface area contributed by atoms with Crippen LogP contribution in [0.2, 0.25) is 0 Å². The zero-order chi connectivity index (χ0) is 13.2. The van der Waals surface area contributed by atoms with E-state index in [2.05, 4.69) is 5.32 Å². The summed E-state index contributed by atoms with van der Waals surface area (Å²) in [5.74, 6) is 0.424. The van der Waals surface area contributed by atoms with Gasteiger partial charge < -0.3 is 15.5 Å². The third-order valence-electron chi connectivity index (χ3n) is 3.06. The number of amides is 1. The van der Waals surface area contributed by atoms with Crippen LogP contribution in [-0.4, -0.2) is 28.5 Å². The molecule has 0 spiro atoms. The first-order chi connectivity index (χ1) is 8.53. The minimum atomic E-state index is -0.982. The Hall–Kier alpha value is -1.04. The van der Waals surface area contributed by atoms with Crippen LogP contribution >= 0.6 is 11.8 Å². The lowest BCUT2D eigenvalue weighted by molar-refractivity contribution is -0.113. The molecule has 0 saturated carbocycles. The summed E-state index contributed by atoms with van der Waals surface area (Å²) in [5.41, 5.74) is 0.542. The first kappa shape index (κ1) is 13.4. The molecule has 5 heteroatoms. The molecule has 1 aromatic carbocycles. The Morgan fingerprint density at radius 3 is 3.00 bits per heavy atom. The zero-order valence-electron chi connectivity index (χ0n) is 10.3. The van der Waals surface area contributed by atoms with E-state index in [0.717, 1.165) is 16.1 Å². The lowest BCUT2D eigenvalue weighted by Crippen LogP contribution is -2.23. The lowest BCUT2D eigenvalue weighted by atomic mass is 9.91. The Morgan fingerprint density at radius 2 is 2.28 bits per heavy atom. The molecule has 0 fully saturated rings. The van der Waals surface area contributed by atoms with Gasteiger partial charge in [-0.25, -0.2) is 0 Å². The average molecular weight is 267 g/mol. The fourth-order valence-corrected chi connectivity index (χ4v) is 2.77. The maximum atomic E-state index is 11.3. The van der Waals surface area contributed by atoms with Crippen molar-refractivity contribution in [1.82, 2.24) is 0 Å². The number of thioether (sulfide) groups is 1. The lowest BCUT2D eigenvalue weighted by Gasteiger charge is -2.26. The fraction of sp³-hybridized carbons (Fsp3) is 0.462. The van der Waals surface area contributed by atoms with Crippen molar-refractivity contribution in [3.05, 3.63) is 23.8 Å². The second-order valence-electron chi connectivity index (χ2n) is 4.65. The molecule has 1 aliphatic rings.